The van der Waals surface area contributed by atoms with Crippen LogP contribution >= 0.6 is 11.6 Å². The second kappa shape index (κ2) is 5.59. The smallest absolute Gasteiger partial charge is 0.241 e. The Labute approximate surface area is 116 Å². The standard InChI is InChI=1S/C13H16ClN3O2/c1-2-3-9(15)13(19)17-11-4-7-5-12(18)16-10(7)6-8(11)14/h4,6,9H,2-3,5,15H2,1H3,(H,16,18)(H,17,19). The number of hydrogen-bond donors (Lipinski definition) is 3. The molecular weight excluding hydrogens is 266 g/mol. The maximum absolute atomic E-state index is 11.8. The fourth-order valence-corrected chi connectivity index (χ4v) is 2.22. The molecule has 5 nitrogen and oxygen atoms in total. The summed E-state index contributed by atoms with van der Waals surface area (Å²) in [4.78, 5) is 23.1. The molecule has 4 N–H and O–H groups in total. The number of nitrogens with one attached hydrogen (secondary N) is 2. The molecule has 1 aliphatic rings. The number of benzene rings is 1. The third-order valence-corrected chi connectivity index (χ3v) is 3.33. The number of hydrogen-bond acceptors (Lipinski definition) is 3. The largest absolute Gasteiger partial charge is 0.325 e. The van der Waals surface area contributed by atoms with Gasteiger partial charge < -0.3 is 16.4 Å². The van der Waals surface area contributed by atoms with Gasteiger partial charge >= 0.3 is 0 Å². The van der Waals surface area contributed by atoms with Crippen LogP contribution in [0.2, 0.25) is 5.02 Å². The molecule has 19 heavy (non-hydrogen) atoms. The SMILES string of the molecule is CCCC(N)C(=O)Nc1cc2c(cc1Cl)NC(=O)C2. The lowest BCUT2D eigenvalue weighted by Gasteiger charge is -2.13. The van der Waals surface area contributed by atoms with Gasteiger partial charge in [-0.2, -0.15) is 0 Å². The summed E-state index contributed by atoms with van der Waals surface area (Å²) >= 11 is 6.07. The highest BCUT2D eigenvalue weighted by molar-refractivity contribution is 6.34. The van der Waals surface area contributed by atoms with Crippen LogP contribution in [0.5, 0.6) is 0 Å². The van der Waals surface area contributed by atoms with Gasteiger partial charge in [0.05, 0.1) is 23.2 Å². The molecule has 1 aromatic rings. The summed E-state index contributed by atoms with van der Waals surface area (Å²) in [6, 6.07) is 2.81. The highest BCUT2D eigenvalue weighted by Gasteiger charge is 2.21. The predicted molar refractivity (Wildman–Crippen MR) is 75.3 cm³/mol. The Hall–Kier alpha value is -1.59. The molecule has 2 amide bonds. The Kier molecular flexibility index (Phi) is 4.07. The zero-order valence-electron chi connectivity index (χ0n) is 10.6. The van der Waals surface area contributed by atoms with E-state index in [-0.39, 0.29) is 11.8 Å². The topological polar surface area (TPSA) is 84.2 Å². The highest BCUT2D eigenvalue weighted by atomic mass is 35.5. The quantitative estimate of drug-likeness (QED) is 0.788. The summed E-state index contributed by atoms with van der Waals surface area (Å²) in [5.74, 6) is -0.335. The van der Waals surface area contributed by atoms with Crippen molar-refractivity contribution in [2.75, 3.05) is 10.6 Å². The first-order valence-electron chi connectivity index (χ1n) is 6.20. The van der Waals surface area contributed by atoms with Gasteiger partial charge in [0, 0.05) is 5.69 Å². The van der Waals surface area contributed by atoms with Gasteiger partial charge in [0.25, 0.3) is 0 Å². The molecule has 1 heterocycles. The van der Waals surface area contributed by atoms with E-state index in [1.54, 1.807) is 12.1 Å². The summed E-state index contributed by atoms with van der Waals surface area (Å²) in [5.41, 5.74) is 7.76. The number of amides is 2. The van der Waals surface area contributed by atoms with Crippen LogP contribution in [0, 0.1) is 0 Å². The molecule has 1 aliphatic heterocycles. The predicted octanol–water partition coefficient (Wildman–Crippen LogP) is 1.90. The van der Waals surface area contributed by atoms with Gasteiger partial charge in [-0.15, -0.1) is 0 Å². The Balaban J connectivity index is 2.16. The average molecular weight is 282 g/mol. The molecule has 6 heteroatoms. The van der Waals surface area contributed by atoms with Gasteiger partial charge in [-0.05, 0) is 24.1 Å². The number of carbonyl (C=O) groups is 2. The van der Waals surface area contributed by atoms with Crippen molar-refractivity contribution in [2.24, 2.45) is 5.73 Å². The van der Waals surface area contributed by atoms with E-state index in [0.717, 1.165) is 12.0 Å². The molecule has 1 aromatic carbocycles. The number of carbonyl (C=O) groups excluding carboxylic acids is 2. The molecule has 0 radical (unpaired) electrons. The number of nitrogens with two attached hydrogens (primary N) is 1. The molecule has 1 atom stereocenters. The van der Waals surface area contributed by atoms with Crippen LogP contribution in [0.25, 0.3) is 0 Å². The zero-order valence-corrected chi connectivity index (χ0v) is 11.4. The van der Waals surface area contributed by atoms with E-state index in [4.69, 9.17) is 17.3 Å². The lowest BCUT2D eigenvalue weighted by molar-refractivity contribution is -0.117. The highest BCUT2D eigenvalue weighted by Crippen LogP contribution is 2.32. The van der Waals surface area contributed by atoms with Crippen molar-refractivity contribution in [1.29, 1.82) is 0 Å². The van der Waals surface area contributed by atoms with Crippen LogP contribution in [0.15, 0.2) is 12.1 Å². The van der Waals surface area contributed by atoms with Crippen molar-refractivity contribution in [3.05, 3.63) is 22.7 Å². The Morgan fingerprint density at radius 1 is 1.58 bits per heavy atom. The maximum atomic E-state index is 11.8. The minimum Gasteiger partial charge on any atom is -0.325 e. The van der Waals surface area contributed by atoms with E-state index in [1.165, 1.54) is 0 Å². The van der Waals surface area contributed by atoms with Gasteiger partial charge in [-0.1, -0.05) is 24.9 Å². The van der Waals surface area contributed by atoms with E-state index >= 15 is 0 Å². The monoisotopic (exact) mass is 281 g/mol. The number of fused-ring (bicyclic) bond motifs is 1. The van der Waals surface area contributed by atoms with Crippen LogP contribution < -0.4 is 16.4 Å². The van der Waals surface area contributed by atoms with Crippen molar-refractivity contribution in [2.45, 2.75) is 32.2 Å². The fourth-order valence-electron chi connectivity index (χ4n) is 2.01. The minimum absolute atomic E-state index is 0.0720. The lowest BCUT2D eigenvalue weighted by Crippen LogP contribution is -2.35. The first-order valence-corrected chi connectivity index (χ1v) is 6.57. The van der Waals surface area contributed by atoms with Crippen molar-refractivity contribution in [3.63, 3.8) is 0 Å². The van der Waals surface area contributed by atoms with Crippen LogP contribution in [0.3, 0.4) is 0 Å². The fraction of sp³-hybridized carbons (Fsp3) is 0.385. The molecule has 0 spiro atoms. The number of rotatable bonds is 4. The van der Waals surface area contributed by atoms with E-state index < -0.39 is 6.04 Å². The van der Waals surface area contributed by atoms with E-state index in [2.05, 4.69) is 10.6 Å². The molecule has 102 valence electrons. The second-order valence-electron chi connectivity index (χ2n) is 4.60. The third-order valence-electron chi connectivity index (χ3n) is 3.01. The maximum Gasteiger partial charge on any atom is 0.241 e. The molecule has 0 aliphatic carbocycles. The normalized spacial score (nSPS) is 14.8. The van der Waals surface area contributed by atoms with Crippen molar-refractivity contribution in [3.8, 4) is 0 Å². The van der Waals surface area contributed by atoms with Crippen molar-refractivity contribution in [1.82, 2.24) is 0 Å². The molecule has 0 bridgehead atoms. The Morgan fingerprint density at radius 3 is 3.00 bits per heavy atom. The lowest BCUT2D eigenvalue weighted by atomic mass is 10.1. The Morgan fingerprint density at radius 2 is 2.32 bits per heavy atom. The van der Waals surface area contributed by atoms with Crippen LogP contribution in [0.1, 0.15) is 25.3 Å². The van der Waals surface area contributed by atoms with Crippen LogP contribution in [-0.2, 0) is 16.0 Å². The average Bonchev–Trinajstić information content (AvgIpc) is 2.69. The number of halogens is 1. The molecule has 0 saturated heterocycles. The van der Waals surface area contributed by atoms with E-state index in [9.17, 15) is 9.59 Å². The van der Waals surface area contributed by atoms with E-state index in [1.807, 2.05) is 6.92 Å². The van der Waals surface area contributed by atoms with Crippen molar-refractivity contribution < 1.29 is 9.59 Å². The summed E-state index contributed by atoms with van der Waals surface area (Å²) < 4.78 is 0. The summed E-state index contributed by atoms with van der Waals surface area (Å²) in [5, 5.41) is 5.79. The molecule has 0 saturated carbocycles. The van der Waals surface area contributed by atoms with E-state index in [0.29, 0.717) is 29.2 Å². The van der Waals surface area contributed by atoms with Crippen LogP contribution in [-0.4, -0.2) is 17.9 Å². The minimum atomic E-state index is -0.547. The first kappa shape index (κ1) is 13.8. The molecule has 0 aromatic heterocycles. The molecule has 1 unspecified atom stereocenters. The number of anilines is 2. The third kappa shape index (κ3) is 3.05. The first-order chi connectivity index (χ1) is 9.01. The zero-order chi connectivity index (χ0) is 14.0. The molecule has 2 rings (SSSR count). The van der Waals surface area contributed by atoms with Crippen molar-refractivity contribution >= 4 is 34.8 Å². The van der Waals surface area contributed by atoms with Gasteiger partial charge in [-0.3, -0.25) is 9.59 Å². The van der Waals surface area contributed by atoms with Gasteiger partial charge in [0.1, 0.15) is 0 Å². The summed E-state index contributed by atoms with van der Waals surface area (Å²) in [6.07, 6.45) is 1.76. The van der Waals surface area contributed by atoms with Gasteiger partial charge in [0.15, 0.2) is 0 Å². The molecule has 0 fully saturated rings. The van der Waals surface area contributed by atoms with Gasteiger partial charge in [-0.25, -0.2) is 0 Å². The summed E-state index contributed by atoms with van der Waals surface area (Å²) in [6.45, 7) is 1.97. The summed E-state index contributed by atoms with van der Waals surface area (Å²) in [7, 11) is 0. The van der Waals surface area contributed by atoms with Gasteiger partial charge in [0.2, 0.25) is 11.8 Å². The second-order valence-corrected chi connectivity index (χ2v) is 5.01. The van der Waals surface area contributed by atoms with Crippen LogP contribution in [0.4, 0.5) is 11.4 Å². The molecular formula is C13H16ClN3O2. The Bertz CT molecular complexity index is 531.